The van der Waals surface area contributed by atoms with Crippen molar-refractivity contribution < 1.29 is 4.92 Å². The van der Waals surface area contributed by atoms with Gasteiger partial charge in [-0.1, -0.05) is 0 Å². The summed E-state index contributed by atoms with van der Waals surface area (Å²) in [6.45, 7) is 1.68. The van der Waals surface area contributed by atoms with Crippen LogP contribution in [-0.2, 0) is 7.05 Å². The molecule has 1 aromatic rings. The number of hydrogen-bond donors (Lipinski definition) is 1. The topological polar surface area (TPSA) is 87.0 Å². The average Bonchev–Trinajstić information content (AvgIpc) is 2.30. The van der Waals surface area contributed by atoms with Crippen molar-refractivity contribution in [2.75, 3.05) is 0 Å². The lowest BCUT2D eigenvalue weighted by atomic mass is 10.2. The summed E-state index contributed by atoms with van der Waals surface area (Å²) in [5, 5.41) is 14.2. The van der Waals surface area contributed by atoms with E-state index in [-0.39, 0.29) is 11.7 Å². The summed E-state index contributed by atoms with van der Waals surface area (Å²) in [5.74, 6) is 0. The predicted octanol–water partition coefficient (Wildman–Crippen LogP) is 0.348. The maximum atomic E-state index is 10.4. The van der Waals surface area contributed by atoms with E-state index in [9.17, 15) is 10.1 Å². The molecule has 66 valence electrons. The first-order chi connectivity index (χ1) is 5.54. The Bertz CT molecular complexity index is 304. The number of hydrogen-bond acceptors (Lipinski definition) is 4. The maximum absolute atomic E-state index is 10.4. The van der Waals surface area contributed by atoms with E-state index in [1.54, 1.807) is 14.0 Å². The van der Waals surface area contributed by atoms with Crippen molar-refractivity contribution in [2.45, 2.75) is 13.0 Å². The van der Waals surface area contributed by atoms with Gasteiger partial charge in [-0.05, 0) is 6.92 Å². The van der Waals surface area contributed by atoms with Crippen LogP contribution in [0.1, 0.15) is 18.7 Å². The molecule has 1 atom stereocenters. The molecule has 0 amide bonds. The van der Waals surface area contributed by atoms with Crippen LogP contribution in [0.2, 0.25) is 0 Å². The standard InChI is InChI=1S/C6H10N4O2/c1-4(7)6-5(10(11)12)3-8-9(6)2/h3-4H,7H2,1-2H3/t4-/m0/s1. The third-order valence-corrected chi connectivity index (χ3v) is 1.59. The zero-order chi connectivity index (χ0) is 9.30. The zero-order valence-corrected chi connectivity index (χ0v) is 6.89. The molecule has 0 fully saturated rings. The molecule has 0 saturated carbocycles. The molecule has 6 heteroatoms. The molecule has 1 aromatic heterocycles. The predicted molar refractivity (Wildman–Crippen MR) is 42.5 cm³/mol. The van der Waals surface area contributed by atoms with Gasteiger partial charge in [0.05, 0.1) is 11.0 Å². The van der Waals surface area contributed by atoms with Gasteiger partial charge in [0.25, 0.3) is 0 Å². The first-order valence-corrected chi connectivity index (χ1v) is 3.46. The third-order valence-electron chi connectivity index (χ3n) is 1.59. The van der Waals surface area contributed by atoms with Crippen molar-refractivity contribution in [3.63, 3.8) is 0 Å². The Morgan fingerprint density at radius 3 is 2.75 bits per heavy atom. The molecular formula is C6H10N4O2. The van der Waals surface area contributed by atoms with Crippen molar-refractivity contribution in [1.82, 2.24) is 9.78 Å². The highest BCUT2D eigenvalue weighted by molar-refractivity contribution is 5.34. The molecule has 2 N–H and O–H groups in total. The second kappa shape index (κ2) is 2.90. The number of rotatable bonds is 2. The molecule has 0 aliphatic carbocycles. The summed E-state index contributed by atoms with van der Waals surface area (Å²) >= 11 is 0. The molecule has 0 aromatic carbocycles. The molecule has 1 heterocycles. The van der Waals surface area contributed by atoms with Crippen molar-refractivity contribution in [3.05, 3.63) is 22.0 Å². The SMILES string of the molecule is C[C@H](N)c1c([N+](=O)[O-])cnn1C. The Hall–Kier alpha value is -1.43. The van der Waals surface area contributed by atoms with Gasteiger partial charge >= 0.3 is 5.69 Å². The summed E-state index contributed by atoms with van der Waals surface area (Å²) in [4.78, 5) is 9.96. The van der Waals surface area contributed by atoms with Crippen LogP contribution in [0.3, 0.4) is 0 Å². The van der Waals surface area contributed by atoms with E-state index < -0.39 is 4.92 Å². The first-order valence-electron chi connectivity index (χ1n) is 3.46. The summed E-state index contributed by atoms with van der Waals surface area (Å²) in [6.07, 6.45) is 1.21. The number of aryl methyl sites for hydroxylation is 1. The van der Waals surface area contributed by atoms with Crippen LogP contribution in [0.5, 0.6) is 0 Å². The largest absolute Gasteiger partial charge is 0.323 e. The molecule has 0 saturated heterocycles. The van der Waals surface area contributed by atoms with Gasteiger partial charge in [0.2, 0.25) is 0 Å². The third kappa shape index (κ3) is 1.28. The van der Waals surface area contributed by atoms with Crippen LogP contribution in [0, 0.1) is 10.1 Å². The lowest BCUT2D eigenvalue weighted by Gasteiger charge is -2.03. The molecule has 0 bridgehead atoms. The van der Waals surface area contributed by atoms with Gasteiger partial charge in [-0.3, -0.25) is 14.8 Å². The minimum absolute atomic E-state index is 0.0208. The van der Waals surface area contributed by atoms with Crippen molar-refractivity contribution in [1.29, 1.82) is 0 Å². The number of nitrogens with two attached hydrogens (primary N) is 1. The Morgan fingerprint density at radius 2 is 2.42 bits per heavy atom. The Labute approximate surface area is 69.1 Å². The number of nitro groups is 1. The molecule has 0 aliphatic heterocycles. The Morgan fingerprint density at radius 1 is 1.83 bits per heavy atom. The highest BCUT2D eigenvalue weighted by Gasteiger charge is 2.21. The van der Waals surface area contributed by atoms with Gasteiger partial charge in [0.1, 0.15) is 11.9 Å². The van der Waals surface area contributed by atoms with Crippen molar-refractivity contribution in [3.8, 4) is 0 Å². The Balaban J connectivity index is 3.21. The van der Waals surface area contributed by atoms with Crippen LogP contribution >= 0.6 is 0 Å². The monoisotopic (exact) mass is 170 g/mol. The molecule has 1 rings (SSSR count). The maximum Gasteiger partial charge on any atom is 0.311 e. The summed E-state index contributed by atoms with van der Waals surface area (Å²) in [5.41, 5.74) is 5.96. The van der Waals surface area contributed by atoms with Crippen LogP contribution < -0.4 is 5.73 Å². The van der Waals surface area contributed by atoms with Gasteiger partial charge in [0.15, 0.2) is 0 Å². The molecule has 0 aliphatic rings. The average molecular weight is 170 g/mol. The molecule has 12 heavy (non-hydrogen) atoms. The minimum Gasteiger partial charge on any atom is -0.323 e. The van der Waals surface area contributed by atoms with E-state index in [1.807, 2.05) is 0 Å². The molecule has 6 nitrogen and oxygen atoms in total. The van der Waals surface area contributed by atoms with E-state index >= 15 is 0 Å². The lowest BCUT2D eigenvalue weighted by molar-refractivity contribution is -0.385. The second-order valence-corrected chi connectivity index (χ2v) is 2.58. The van der Waals surface area contributed by atoms with Gasteiger partial charge in [0, 0.05) is 7.05 Å². The van der Waals surface area contributed by atoms with E-state index in [2.05, 4.69) is 5.10 Å². The lowest BCUT2D eigenvalue weighted by Crippen LogP contribution is -2.12. The fourth-order valence-corrected chi connectivity index (χ4v) is 1.10. The number of nitrogens with zero attached hydrogens (tertiary/aromatic N) is 3. The summed E-state index contributed by atoms with van der Waals surface area (Å²) < 4.78 is 1.42. The first kappa shape index (κ1) is 8.66. The van der Waals surface area contributed by atoms with Gasteiger partial charge in [-0.2, -0.15) is 5.10 Å². The van der Waals surface area contributed by atoms with Crippen molar-refractivity contribution in [2.24, 2.45) is 12.8 Å². The highest BCUT2D eigenvalue weighted by atomic mass is 16.6. The van der Waals surface area contributed by atoms with Gasteiger partial charge in [-0.15, -0.1) is 0 Å². The fraction of sp³-hybridized carbons (Fsp3) is 0.500. The summed E-state index contributed by atoms with van der Waals surface area (Å²) in [7, 11) is 1.63. The smallest absolute Gasteiger partial charge is 0.311 e. The Kier molecular flexibility index (Phi) is 2.09. The normalized spacial score (nSPS) is 12.9. The van der Waals surface area contributed by atoms with Crippen LogP contribution in [0.4, 0.5) is 5.69 Å². The minimum atomic E-state index is -0.480. The quantitative estimate of drug-likeness (QED) is 0.512. The summed E-state index contributed by atoms with van der Waals surface area (Å²) in [6, 6.07) is -0.377. The van der Waals surface area contributed by atoms with Crippen LogP contribution in [-0.4, -0.2) is 14.7 Å². The number of aromatic nitrogens is 2. The fourth-order valence-electron chi connectivity index (χ4n) is 1.10. The van der Waals surface area contributed by atoms with Gasteiger partial charge in [-0.25, -0.2) is 0 Å². The van der Waals surface area contributed by atoms with Crippen LogP contribution in [0.15, 0.2) is 6.20 Å². The molecule has 0 unspecified atom stereocenters. The van der Waals surface area contributed by atoms with Gasteiger partial charge < -0.3 is 5.73 Å². The van der Waals surface area contributed by atoms with Crippen molar-refractivity contribution >= 4 is 5.69 Å². The van der Waals surface area contributed by atoms with E-state index in [4.69, 9.17) is 5.73 Å². The van der Waals surface area contributed by atoms with E-state index in [0.29, 0.717) is 5.69 Å². The molecule has 0 spiro atoms. The molecular weight excluding hydrogens is 160 g/mol. The van der Waals surface area contributed by atoms with Crippen LogP contribution in [0.25, 0.3) is 0 Å². The second-order valence-electron chi connectivity index (χ2n) is 2.58. The zero-order valence-electron chi connectivity index (χ0n) is 6.89. The highest BCUT2D eigenvalue weighted by Crippen LogP contribution is 2.21. The molecule has 0 radical (unpaired) electrons. The van der Waals surface area contributed by atoms with E-state index in [1.165, 1.54) is 10.9 Å². The van der Waals surface area contributed by atoms with E-state index in [0.717, 1.165) is 0 Å².